The molecule has 0 N–H and O–H groups in total. The Labute approximate surface area is 245 Å². The minimum absolute atomic E-state index is 0.575. The van der Waals surface area contributed by atoms with Crippen molar-refractivity contribution in [2.24, 2.45) is 0 Å². The minimum Gasteiger partial charge on any atom is -0.278 e. The van der Waals surface area contributed by atoms with Crippen LogP contribution in [0.5, 0.6) is 0 Å². The lowest BCUT2D eigenvalue weighted by Gasteiger charge is -2.15. The van der Waals surface area contributed by atoms with Gasteiger partial charge in [-0.05, 0) is 78.4 Å². The van der Waals surface area contributed by atoms with Crippen LogP contribution < -0.4 is 0 Å². The van der Waals surface area contributed by atoms with Crippen molar-refractivity contribution in [3.05, 3.63) is 133 Å². The van der Waals surface area contributed by atoms with Gasteiger partial charge in [0.25, 0.3) is 0 Å². The Kier molecular flexibility index (Phi) is 4.84. The molecule has 0 spiro atoms. The quantitative estimate of drug-likeness (QED) is 0.224. The molecule has 9 aromatic rings. The van der Waals surface area contributed by atoms with E-state index >= 15 is 0 Å². The number of para-hydroxylation sites is 4. The van der Waals surface area contributed by atoms with Crippen LogP contribution >= 0.6 is 0 Å². The van der Waals surface area contributed by atoms with Crippen molar-refractivity contribution in [3.63, 3.8) is 0 Å². The average molecular weight is 552 g/mol. The standard InChI is InChI=1S/C36H21N7/c37-22-24-10-6-18-32(43-34-26(12-7-19-38-34)27-13-8-20-39-35(27)43)33(24)23-9-5-11-25(21-23)41-30-16-3-4-17-31(30)42-29-15-2-1-14-28(29)40-36(41)42/h1-21H. The van der Waals surface area contributed by atoms with Gasteiger partial charge in [-0.2, -0.15) is 5.26 Å². The van der Waals surface area contributed by atoms with Crippen LogP contribution in [-0.4, -0.2) is 28.5 Å². The van der Waals surface area contributed by atoms with Crippen molar-refractivity contribution < 1.29 is 0 Å². The summed E-state index contributed by atoms with van der Waals surface area (Å²) in [5.41, 5.74) is 9.85. The van der Waals surface area contributed by atoms with E-state index in [0.29, 0.717) is 5.56 Å². The average Bonchev–Trinajstić information content (AvgIpc) is 3.71. The third-order valence-corrected chi connectivity index (χ3v) is 8.19. The second-order valence-electron chi connectivity index (χ2n) is 10.5. The summed E-state index contributed by atoms with van der Waals surface area (Å²) in [6.45, 7) is 0. The van der Waals surface area contributed by atoms with Crippen molar-refractivity contribution in [1.82, 2.24) is 28.5 Å². The fourth-order valence-corrected chi connectivity index (χ4v) is 6.43. The number of benzene rings is 4. The molecule has 5 heterocycles. The van der Waals surface area contributed by atoms with Crippen LogP contribution in [0.25, 0.3) is 72.4 Å². The molecule has 0 aliphatic heterocycles. The molecule has 0 atom stereocenters. The highest BCUT2D eigenvalue weighted by Crippen LogP contribution is 2.37. The molecular weight excluding hydrogens is 530 g/mol. The molecule has 0 unspecified atom stereocenters. The maximum atomic E-state index is 10.3. The molecular formula is C36H21N7. The Morgan fingerprint density at radius 1 is 0.605 bits per heavy atom. The fourth-order valence-electron chi connectivity index (χ4n) is 6.43. The lowest BCUT2D eigenvalue weighted by atomic mass is 9.97. The Bertz CT molecular complexity index is 2540. The smallest absolute Gasteiger partial charge is 0.220 e. The lowest BCUT2D eigenvalue weighted by molar-refractivity contribution is 1.10. The number of pyridine rings is 2. The van der Waals surface area contributed by atoms with Gasteiger partial charge in [0.05, 0.1) is 39.4 Å². The molecule has 200 valence electrons. The molecule has 0 aliphatic rings. The summed E-state index contributed by atoms with van der Waals surface area (Å²) >= 11 is 0. The van der Waals surface area contributed by atoms with E-state index in [9.17, 15) is 5.26 Å². The highest BCUT2D eigenvalue weighted by Gasteiger charge is 2.21. The predicted molar refractivity (Wildman–Crippen MR) is 170 cm³/mol. The van der Waals surface area contributed by atoms with Crippen LogP contribution in [0.3, 0.4) is 0 Å². The molecule has 5 aromatic heterocycles. The van der Waals surface area contributed by atoms with E-state index in [1.165, 1.54) is 0 Å². The number of nitriles is 1. The van der Waals surface area contributed by atoms with Gasteiger partial charge in [0, 0.05) is 34.4 Å². The molecule has 0 aliphatic carbocycles. The zero-order chi connectivity index (χ0) is 28.5. The van der Waals surface area contributed by atoms with Crippen LogP contribution in [0.15, 0.2) is 128 Å². The van der Waals surface area contributed by atoms with E-state index in [4.69, 9.17) is 15.0 Å². The van der Waals surface area contributed by atoms with Gasteiger partial charge in [0.2, 0.25) is 5.78 Å². The summed E-state index contributed by atoms with van der Waals surface area (Å²) in [6, 6.07) is 41.2. The predicted octanol–water partition coefficient (Wildman–Crippen LogP) is 7.86. The van der Waals surface area contributed by atoms with Gasteiger partial charge in [-0.15, -0.1) is 0 Å². The van der Waals surface area contributed by atoms with Crippen LogP contribution in [0.2, 0.25) is 0 Å². The van der Waals surface area contributed by atoms with Gasteiger partial charge in [-0.3, -0.25) is 13.5 Å². The van der Waals surface area contributed by atoms with Crippen LogP contribution in [0, 0.1) is 11.3 Å². The Balaban J connectivity index is 1.34. The zero-order valence-electron chi connectivity index (χ0n) is 22.8. The van der Waals surface area contributed by atoms with Crippen LogP contribution in [0.1, 0.15) is 5.56 Å². The first-order valence-corrected chi connectivity index (χ1v) is 14.0. The normalized spacial score (nSPS) is 11.7. The molecule has 0 radical (unpaired) electrons. The SMILES string of the molecule is N#Cc1cccc(-n2c3ncccc3c3cccnc32)c1-c1cccc(-n2c3ccccc3n3c4ccccc4nc23)c1. The maximum Gasteiger partial charge on any atom is 0.220 e. The van der Waals surface area contributed by atoms with Crippen LogP contribution in [0.4, 0.5) is 0 Å². The van der Waals surface area contributed by atoms with Crippen molar-refractivity contribution in [2.75, 3.05) is 0 Å². The van der Waals surface area contributed by atoms with Gasteiger partial charge in [0.15, 0.2) is 0 Å². The van der Waals surface area contributed by atoms with E-state index in [0.717, 1.165) is 72.4 Å². The van der Waals surface area contributed by atoms with E-state index in [1.54, 1.807) is 12.4 Å². The number of hydrogen-bond acceptors (Lipinski definition) is 4. The van der Waals surface area contributed by atoms with E-state index in [1.807, 2.05) is 54.6 Å². The molecule has 0 bridgehead atoms. The Hall–Kier alpha value is -6.26. The fraction of sp³-hybridized carbons (Fsp3) is 0. The summed E-state index contributed by atoms with van der Waals surface area (Å²) < 4.78 is 6.47. The number of fused-ring (bicyclic) bond motifs is 8. The number of imidazole rings is 2. The molecule has 9 rings (SSSR count). The number of aromatic nitrogens is 6. The Morgan fingerprint density at radius 3 is 2.07 bits per heavy atom. The second-order valence-corrected chi connectivity index (χ2v) is 10.5. The van der Waals surface area contributed by atoms with Gasteiger partial charge in [0.1, 0.15) is 11.3 Å². The summed E-state index contributed by atoms with van der Waals surface area (Å²) in [7, 11) is 0. The van der Waals surface area contributed by atoms with Crippen LogP contribution in [-0.2, 0) is 0 Å². The second kappa shape index (κ2) is 8.87. The van der Waals surface area contributed by atoms with Gasteiger partial charge < -0.3 is 0 Å². The Morgan fingerprint density at radius 2 is 1.30 bits per heavy atom. The first kappa shape index (κ1) is 23.4. The lowest BCUT2D eigenvalue weighted by Crippen LogP contribution is -2.02. The molecule has 0 fully saturated rings. The number of nitrogens with zero attached hydrogens (tertiary/aromatic N) is 7. The molecule has 0 amide bonds. The summed E-state index contributed by atoms with van der Waals surface area (Å²) in [6.07, 6.45) is 3.59. The molecule has 7 nitrogen and oxygen atoms in total. The van der Waals surface area contributed by atoms with E-state index < -0.39 is 0 Å². The van der Waals surface area contributed by atoms with Gasteiger partial charge in [-0.25, -0.2) is 15.0 Å². The van der Waals surface area contributed by atoms with Gasteiger partial charge in [-0.1, -0.05) is 42.5 Å². The third-order valence-electron chi connectivity index (χ3n) is 8.19. The summed E-state index contributed by atoms with van der Waals surface area (Å²) in [5, 5.41) is 12.4. The van der Waals surface area contributed by atoms with Gasteiger partial charge >= 0.3 is 0 Å². The number of hydrogen-bond donors (Lipinski definition) is 0. The highest BCUT2D eigenvalue weighted by molar-refractivity contribution is 6.07. The molecule has 7 heteroatoms. The summed E-state index contributed by atoms with van der Waals surface area (Å²) in [5.74, 6) is 0.837. The van der Waals surface area contributed by atoms with Crippen molar-refractivity contribution in [2.45, 2.75) is 0 Å². The van der Waals surface area contributed by atoms with Crippen molar-refractivity contribution >= 4 is 49.9 Å². The largest absolute Gasteiger partial charge is 0.278 e. The van der Waals surface area contributed by atoms with Crippen molar-refractivity contribution in [1.29, 1.82) is 5.26 Å². The molecule has 4 aromatic carbocycles. The molecule has 43 heavy (non-hydrogen) atoms. The first-order chi connectivity index (χ1) is 21.3. The minimum atomic E-state index is 0.575. The molecule has 0 saturated heterocycles. The van der Waals surface area contributed by atoms with E-state index in [-0.39, 0.29) is 0 Å². The highest BCUT2D eigenvalue weighted by atomic mass is 15.2. The summed E-state index contributed by atoms with van der Waals surface area (Å²) in [4.78, 5) is 14.6. The van der Waals surface area contributed by atoms with E-state index in [2.05, 4.69) is 80.3 Å². The number of rotatable bonds is 3. The van der Waals surface area contributed by atoms with Crippen molar-refractivity contribution in [3.8, 4) is 28.6 Å². The third kappa shape index (κ3) is 3.26. The first-order valence-electron chi connectivity index (χ1n) is 14.0. The maximum absolute atomic E-state index is 10.3. The topological polar surface area (TPSA) is 76.7 Å². The zero-order valence-corrected chi connectivity index (χ0v) is 22.8. The molecule has 0 saturated carbocycles. The monoisotopic (exact) mass is 551 g/mol.